The zero-order valence-corrected chi connectivity index (χ0v) is 19.9. The summed E-state index contributed by atoms with van der Waals surface area (Å²) in [6, 6.07) is 5.31. The summed E-state index contributed by atoms with van der Waals surface area (Å²) in [6.45, 7) is 5.95. The summed E-state index contributed by atoms with van der Waals surface area (Å²) in [7, 11) is 0. The number of likely N-dealkylation sites (tertiary alicyclic amines) is 1. The number of rotatable bonds is 6. The number of alkyl halides is 3. The first-order chi connectivity index (χ1) is 15.6. The van der Waals surface area contributed by atoms with Crippen LogP contribution in [0.25, 0.3) is 0 Å². The van der Waals surface area contributed by atoms with Gasteiger partial charge in [-0.15, -0.1) is 12.3 Å². The zero-order valence-electron chi connectivity index (χ0n) is 19.9. The molecule has 1 aromatic carbocycles. The van der Waals surface area contributed by atoms with Crippen molar-refractivity contribution in [3.05, 3.63) is 35.4 Å². The number of aliphatic carboxylic acids is 1. The van der Waals surface area contributed by atoms with Crippen molar-refractivity contribution in [2.24, 2.45) is 17.8 Å². The van der Waals surface area contributed by atoms with Crippen molar-refractivity contribution in [2.75, 3.05) is 13.1 Å². The van der Waals surface area contributed by atoms with E-state index in [1.807, 2.05) is 0 Å². The van der Waals surface area contributed by atoms with Crippen LogP contribution in [-0.2, 0) is 11.0 Å². The number of terminal acetylenes is 1. The molecule has 0 aromatic heterocycles. The molecule has 0 spiro atoms. The molecular formula is C27H38F3NO2. The molecule has 1 unspecified atom stereocenters. The summed E-state index contributed by atoms with van der Waals surface area (Å²) < 4.78 is 38.3. The van der Waals surface area contributed by atoms with Gasteiger partial charge in [-0.1, -0.05) is 45.2 Å². The summed E-state index contributed by atoms with van der Waals surface area (Å²) in [6.07, 6.45) is 10.2. The predicted molar refractivity (Wildman–Crippen MR) is 126 cm³/mol. The Morgan fingerprint density at radius 1 is 1.15 bits per heavy atom. The summed E-state index contributed by atoms with van der Waals surface area (Å²) >= 11 is 0. The van der Waals surface area contributed by atoms with Gasteiger partial charge in [0, 0.05) is 18.4 Å². The van der Waals surface area contributed by atoms with Crippen molar-refractivity contribution in [3.8, 4) is 12.3 Å². The molecule has 1 aliphatic carbocycles. The molecule has 1 heterocycles. The van der Waals surface area contributed by atoms with Gasteiger partial charge in [0.2, 0.25) is 0 Å². The maximum atomic E-state index is 12.8. The smallest absolute Gasteiger partial charge is 0.416 e. The van der Waals surface area contributed by atoms with Gasteiger partial charge in [-0.3, -0.25) is 9.69 Å². The fourth-order valence-corrected chi connectivity index (χ4v) is 4.72. The van der Waals surface area contributed by atoms with E-state index in [9.17, 15) is 18.0 Å². The van der Waals surface area contributed by atoms with Gasteiger partial charge in [-0.25, -0.2) is 0 Å². The van der Waals surface area contributed by atoms with E-state index >= 15 is 0 Å². The standard InChI is InChI=1S/C19H26F3NO2.C8H12/c1-13(2)7-9-23-10-8-14(12-18(24)25)11-17(23)15-3-5-16(6-4-15)19(20,21)22;1-2-8-6-4-3-5-7-8/h3-6,13-14,17H,7-12H2,1-2H3,(H,24,25);1,8H,3-7H2/t14?,17-;/m0./s1. The molecule has 1 aromatic rings. The minimum absolute atomic E-state index is 0.0147. The lowest BCUT2D eigenvalue weighted by Crippen LogP contribution is -2.38. The average molecular weight is 466 g/mol. The molecule has 6 heteroatoms. The lowest BCUT2D eigenvalue weighted by atomic mass is 9.84. The number of carbonyl (C=O) groups is 1. The molecule has 1 N–H and O–H groups in total. The van der Waals surface area contributed by atoms with Gasteiger partial charge < -0.3 is 5.11 Å². The van der Waals surface area contributed by atoms with Crippen LogP contribution >= 0.6 is 0 Å². The second-order valence-corrected chi connectivity index (χ2v) is 9.84. The van der Waals surface area contributed by atoms with Crippen LogP contribution in [0.2, 0.25) is 0 Å². The van der Waals surface area contributed by atoms with Crippen molar-refractivity contribution in [3.63, 3.8) is 0 Å². The molecule has 3 nitrogen and oxygen atoms in total. The minimum Gasteiger partial charge on any atom is -0.481 e. The van der Waals surface area contributed by atoms with E-state index in [-0.39, 0.29) is 18.4 Å². The predicted octanol–water partition coefficient (Wildman–Crippen LogP) is 7.18. The minimum atomic E-state index is -4.34. The van der Waals surface area contributed by atoms with Crippen molar-refractivity contribution >= 4 is 5.97 Å². The molecule has 0 radical (unpaired) electrons. The summed E-state index contributed by atoms with van der Waals surface area (Å²) in [5.41, 5.74) is 0.190. The van der Waals surface area contributed by atoms with Crippen LogP contribution in [0.15, 0.2) is 24.3 Å². The van der Waals surface area contributed by atoms with Gasteiger partial charge in [0.15, 0.2) is 0 Å². The quantitative estimate of drug-likeness (QED) is 0.453. The Morgan fingerprint density at radius 2 is 1.79 bits per heavy atom. The highest BCUT2D eigenvalue weighted by atomic mass is 19.4. The molecule has 33 heavy (non-hydrogen) atoms. The number of hydrogen-bond acceptors (Lipinski definition) is 2. The number of nitrogens with zero attached hydrogens (tertiary/aromatic N) is 1. The molecule has 0 bridgehead atoms. The first-order valence-corrected chi connectivity index (χ1v) is 12.2. The molecule has 2 atom stereocenters. The number of carboxylic acids is 1. The van der Waals surface area contributed by atoms with Crippen LogP contribution < -0.4 is 0 Å². The number of piperidine rings is 1. The fraction of sp³-hybridized carbons (Fsp3) is 0.667. The topological polar surface area (TPSA) is 40.5 Å². The third-order valence-corrected chi connectivity index (χ3v) is 6.74. The maximum Gasteiger partial charge on any atom is 0.416 e. The van der Waals surface area contributed by atoms with E-state index in [0.29, 0.717) is 18.3 Å². The number of hydrogen-bond donors (Lipinski definition) is 1. The number of halogens is 3. The highest BCUT2D eigenvalue weighted by Gasteiger charge is 2.33. The number of benzene rings is 1. The first-order valence-electron chi connectivity index (χ1n) is 12.2. The van der Waals surface area contributed by atoms with Gasteiger partial charge >= 0.3 is 12.1 Å². The number of carboxylic acid groups (broad SMARTS) is 1. The fourth-order valence-electron chi connectivity index (χ4n) is 4.72. The van der Waals surface area contributed by atoms with Crippen LogP contribution in [0.5, 0.6) is 0 Å². The van der Waals surface area contributed by atoms with Crippen molar-refractivity contribution in [1.29, 1.82) is 0 Å². The largest absolute Gasteiger partial charge is 0.481 e. The highest BCUT2D eigenvalue weighted by Crippen LogP contribution is 2.37. The third kappa shape index (κ3) is 9.41. The van der Waals surface area contributed by atoms with Gasteiger partial charge in [0.05, 0.1) is 5.56 Å². The SMILES string of the molecule is C#CC1CCCCC1.CC(C)CCN1CCC(CC(=O)O)C[C@H]1c1ccc(C(F)(F)F)cc1. The molecular weight excluding hydrogens is 427 g/mol. The second-order valence-electron chi connectivity index (χ2n) is 9.84. The van der Waals surface area contributed by atoms with Gasteiger partial charge in [-0.2, -0.15) is 13.2 Å². The molecule has 2 fully saturated rings. The van der Waals surface area contributed by atoms with Crippen LogP contribution in [0.3, 0.4) is 0 Å². The summed E-state index contributed by atoms with van der Waals surface area (Å²) in [4.78, 5) is 13.3. The van der Waals surface area contributed by atoms with Crippen LogP contribution in [0, 0.1) is 30.1 Å². The Kier molecular flexibility index (Phi) is 10.8. The maximum absolute atomic E-state index is 12.8. The van der Waals surface area contributed by atoms with E-state index < -0.39 is 17.7 Å². The van der Waals surface area contributed by atoms with E-state index in [1.165, 1.54) is 32.1 Å². The van der Waals surface area contributed by atoms with E-state index in [2.05, 4.69) is 24.7 Å². The molecule has 0 amide bonds. The highest BCUT2D eigenvalue weighted by molar-refractivity contribution is 5.67. The first kappa shape index (κ1) is 27.2. The molecule has 3 rings (SSSR count). The summed E-state index contributed by atoms with van der Waals surface area (Å²) in [5.74, 6) is 3.22. The van der Waals surface area contributed by atoms with Gasteiger partial charge in [0.1, 0.15) is 0 Å². The Hall–Kier alpha value is -2.00. The summed E-state index contributed by atoms with van der Waals surface area (Å²) in [5, 5.41) is 9.05. The Labute approximate surface area is 196 Å². The average Bonchev–Trinajstić information content (AvgIpc) is 2.78. The lowest BCUT2D eigenvalue weighted by Gasteiger charge is -2.40. The lowest BCUT2D eigenvalue weighted by molar-refractivity contribution is -0.139. The molecule has 1 aliphatic heterocycles. The zero-order chi connectivity index (χ0) is 24.4. The molecule has 1 saturated carbocycles. The van der Waals surface area contributed by atoms with Gasteiger partial charge in [0.25, 0.3) is 0 Å². The Morgan fingerprint density at radius 3 is 2.27 bits per heavy atom. The van der Waals surface area contributed by atoms with Gasteiger partial charge in [-0.05, 0) is 74.7 Å². The van der Waals surface area contributed by atoms with Crippen LogP contribution in [0.4, 0.5) is 13.2 Å². The van der Waals surface area contributed by atoms with Crippen molar-refractivity contribution < 1.29 is 23.1 Å². The third-order valence-electron chi connectivity index (χ3n) is 6.74. The van der Waals surface area contributed by atoms with Crippen molar-refractivity contribution in [2.45, 2.75) is 83.9 Å². The second kappa shape index (κ2) is 13.0. The Balaban J connectivity index is 0.000000405. The van der Waals surface area contributed by atoms with E-state index in [1.54, 1.807) is 12.1 Å². The van der Waals surface area contributed by atoms with E-state index in [4.69, 9.17) is 11.5 Å². The van der Waals surface area contributed by atoms with E-state index in [0.717, 1.165) is 43.6 Å². The molecule has 1 saturated heterocycles. The monoisotopic (exact) mass is 465 g/mol. The molecule has 2 aliphatic rings. The van der Waals surface area contributed by atoms with Crippen LogP contribution in [0.1, 0.15) is 88.8 Å². The Bertz CT molecular complexity index is 761. The molecule has 184 valence electrons. The van der Waals surface area contributed by atoms with Crippen molar-refractivity contribution in [1.82, 2.24) is 4.90 Å². The normalized spacial score (nSPS) is 22.3. The van der Waals surface area contributed by atoms with Crippen LogP contribution in [-0.4, -0.2) is 29.1 Å².